The largest absolute Gasteiger partial charge is 0.483 e. The summed E-state index contributed by atoms with van der Waals surface area (Å²) < 4.78 is 19.0. The van der Waals surface area contributed by atoms with Crippen LogP contribution in [0.5, 0.6) is 11.5 Å². The van der Waals surface area contributed by atoms with Crippen LogP contribution >= 0.6 is 0 Å². The Morgan fingerprint density at radius 3 is 2.55 bits per heavy atom. The van der Waals surface area contributed by atoms with Crippen LogP contribution in [0.2, 0.25) is 0 Å². The molecule has 2 aliphatic carbocycles. The number of hydrogen-bond acceptors (Lipinski definition) is 7. The number of esters is 2. The van der Waals surface area contributed by atoms with Crippen molar-refractivity contribution in [2.75, 3.05) is 20.1 Å². The molecular weight excluding hydrogens is 532 g/mol. The molecular formula is C34H38N2O6. The van der Waals surface area contributed by atoms with Gasteiger partial charge < -0.3 is 19.1 Å². The van der Waals surface area contributed by atoms with Gasteiger partial charge in [-0.1, -0.05) is 44.0 Å². The van der Waals surface area contributed by atoms with Crippen LogP contribution in [0.15, 0.2) is 42.5 Å². The van der Waals surface area contributed by atoms with Gasteiger partial charge in [0.05, 0.1) is 17.5 Å². The Morgan fingerprint density at radius 1 is 1.10 bits per heavy atom. The van der Waals surface area contributed by atoms with Gasteiger partial charge in [0.1, 0.15) is 11.7 Å². The highest BCUT2D eigenvalue weighted by Crippen LogP contribution is 2.67. The Balaban J connectivity index is 1.51. The summed E-state index contributed by atoms with van der Waals surface area (Å²) in [7, 11) is 2.09. The van der Waals surface area contributed by atoms with Crippen LogP contribution < -0.4 is 9.47 Å². The minimum absolute atomic E-state index is 0.0488. The summed E-state index contributed by atoms with van der Waals surface area (Å²) in [5, 5.41) is 0. The molecule has 6 rings (SSSR count). The monoisotopic (exact) mass is 570 g/mol. The maximum Gasteiger partial charge on any atom is 0.308 e. The lowest BCUT2D eigenvalue weighted by atomic mass is 9.48. The minimum atomic E-state index is -0.845. The third-order valence-electron chi connectivity index (χ3n) is 9.53. The SMILES string of the molecule is CC(=O)Oc1ccc2c3c1O[C@H]1[C@@H](N(CC(C)C)C(=O)C#Cc4ccccc4)CC[C@@]4(OC(C)=O)[C@@H](C2)N(C)CC[C@]314. The number of likely N-dealkylation sites (N-methyl/N-ethyl adjacent to an activating group) is 1. The van der Waals surface area contributed by atoms with Gasteiger partial charge in [-0.25, -0.2) is 0 Å². The zero-order valence-corrected chi connectivity index (χ0v) is 24.9. The molecule has 8 heteroatoms. The second-order valence-corrected chi connectivity index (χ2v) is 12.5. The number of carbonyl (C=O) groups excluding carboxylic acids is 3. The molecule has 1 spiro atoms. The average Bonchev–Trinajstić information content (AvgIpc) is 3.29. The van der Waals surface area contributed by atoms with Gasteiger partial charge in [0.2, 0.25) is 0 Å². The number of rotatable bonds is 5. The van der Waals surface area contributed by atoms with Crippen molar-refractivity contribution in [1.29, 1.82) is 0 Å². The molecule has 2 fully saturated rings. The van der Waals surface area contributed by atoms with Gasteiger partial charge in [0.25, 0.3) is 5.91 Å². The molecule has 0 unspecified atom stereocenters. The molecule has 2 bridgehead atoms. The van der Waals surface area contributed by atoms with E-state index in [1.165, 1.54) is 13.8 Å². The van der Waals surface area contributed by atoms with Crippen molar-refractivity contribution in [2.24, 2.45) is 5.92 Å². The molecule has 1 saturated carbocycles. The summed E-state index contributed by atoms with van der Waals surface area (Å²) >= 11 is 0. The second-order valence-electron chi connectivity index (χ2n) is 12.5. The predicted molar refractivity (Wildman–Crippen MR) is 156 cm³/mol. The van der Waals surface area contributed by atoms with Gasteiger partial charge in [-0.3, -0.25) is 19.3 Å². The van der Waals surface area contributed by atoms with Crippen LogP contribution in [0.3, 0.4) is 0 Å². The van der Waals surface area contributed by atoms with Crippen LogP contribution in [0, 0.1) is 17.8 Å². The Kier molecular flexibility index (Phi) is 7.05. The van der Waals surface area contributed by atoms with Gasteiger partial charge in [0.15, 0.2) is 11.5 Å². The molecule has 0 aromatic heterocycles. The van der Waals surface area contributed by atoms with Crippen molar-refractivity contribution in [2.45, 2.75) is 82.6 Å². The van der Waals surface area contributed by atoms with E-state index in [0.717, 1.165) is 23.2 Å². The highest BCUT2D eigenvalue weighted by molar-refractivity contribution is 5.94. The lowest BCUT2D eigenvalue weighted by Gasteiger charge is -2.65. The molecule has 2 aromatic carbocycles. The standard InChI is InChI=1S/C34H38N2O6/c1-21(2)20-36(29(39)14-11-24-9-7-6-8-10-24)26-15-16-34(42-23(4)38)28-19-25-12-13-27(40-22(3)37)31-30(25)33(34,32(26)41-31)17-18-35(28)5/h6-10,12-13,21,26,28,32H,15-20H2,1-5H3/t26-,28+,32-,33-,34+/m0/s1. The third-order valence-corrected chi connectivity index (χ3v) is 9.53. The molecule has 1 saturated heterocycles. The van der Waals surface area contributed by atoms with E-state index in [2.05, 4.69) is 37.6 Å². The zero-order valence-electron chi connectivity index (χ0n) is 24.9. The van der Waals surface area contributed by atoms with Gasteiger partial charge in [-0.15, -0.1) is 0 Å². The van der Waals surface area contributed by atoms with Crippen molar-refractivity contribution in [3.8, 4) is 23.3 Å². The number of carbonyl (C=O) groups is 3. The minimum Gasteiger partial charge on any atom is -0.483 e. The molecule has 8 nitrogen and oxygen atoms in total. The first-order chi connectivity index (χ1) is 20.1. The normalized spacial score (nSPS) is 28.6. The molecule has 4 aliphatic rings. The molecule has 42 heavy (non-hydrogen) atoms. The summed E-state index contributed by atoms with van der Waals surface area (Å²) in [5.41, 5.74) is 1.29. The van der Waals surface area contributed by atoms with E-state index < -0.39 is 23.1 Å². The highest BCUT2D eigenvalue weighted by atomic mass is 16.6. The van der Waals surface area contributed by atoms with Crippen molar-refractivity contribution in [3.63, 3.8) is 0 Å². The lowest BCUT2D eigenvalue weighted by molar-refractivity contribution is -0.221. The second kappa shape index (κ2) is 10.5. The van der Waals surface area contributed by atoms with Crippen molar-refractivity contribution in [3.05, 3.63) is 59.2 Å². The molecule has 0 radical (unpaired) electrons. The van der Waals surface area contributed by atoms with Crippen LogP contribution in [-0.2, 0) is 31.0 Å². The molecule has 2 aliphatic heterocycles. The first kappa shape index (κ1) is 28.3. The van der Waals surface area contributed by atoms with Crippen molar-refractivity contribution in [1.82, 2.24) is 9.80 Å². The third kappa shape index (κ3) is 4.29. The Labute approximate surface area is 247 Å². The number of piperidine rings is 1. The van der Waals surface area contributed by atoms with Crippen molar-refractivity contribution >= 4 is 17.8 Å². The van der Waals surface area contributed by atoms with Crippen LogP contribution in [-0.4, -0.2) is 71.6 Å². The molecule has 220 valence electrons. The maximum absolute atomic E-state index is 13.9. The van der Waals surface area contributed by atoms with E-state index in [1.807, 2.05) is 41.3 Å². The number of likely N-dealkylation sites (tertiary alicyclic amines) is 1. The number of ether oxygens (including phenoxy) is 3. The number of nitrogens with zero attached hydrogens (tertiary/aromatic N) is 2. The molecule has 2 heterocycles. The first-order valence-corrected chi connectivity index (χ1v) is 14.9. The molecule has 1 amide bonds. The smallest absolute Gasteiger partial charge is 0.308 e. The number of amides is 1. The summed E-state index contributed by atoms with van der Waals surface area (Å²) in [6.45, 7) is 8.30. The number of hydrogen-bond donors (Lipinski definition) is 0. The van der Waals surface area contributed by atoms with E-state index in [9.17, 15) is 14.4 Å². The van der Waals surface area contributed by atoms with E-state index in [0.29, 0.717) is 43.7 Å². The summed E-state index contributed by atoms with van der Waals surface area (Å²) in [4.78, 5) is 43.0. The van der Waals surface area contributed by atoms with Gasteiger partial charge in [-0.2, -0.15) is 0 Å². The lowest BCUT2D eigenvalue weighted by Crippen LogP contribution is -2.79. The van der Waals surface area contributed by atoms with Crippen molar-refractivity contribution < 1.29 is 28.6 Å². The van der Waals surface area contributed by atoms with E-state index in [-0.39, 0.29) is 29.9 Å². The van der Waals surface area contributed by atoms with Crippen LogP contribution in [0.1, 0.15) is 63.6 Å². The molecule has 0 N–H and O–H groups in total. The predicted octanol–water partition coefficient (Wildman–Crippen LogP) is 3.87. The number of benzene rings is 2. The Bertz CT molecular complexity index is 1490. The topological polar surface area (TPSA) is 85.4 Å². The van der Waals surface area contributed by atoms with Gasteiger partial charge in [0, 0.05) is 37.4 Å². The maximum atomic E-state index is 13.9. The Morgan fingerprint density at radius 2 is 1.86 bits per heavy atom. The Hall–Kier alpha value is -3.83. The summed E-state index contributed by atoms with van der Waals surface area (Å²) in [6, 6.07) is 12.9. The fourth-order valence-electron chi connectivity index (χ4n) is 8.19. The first-order valence-electron chi connectivity index (χ1n) is 14.9. The van der Waals surface area contributed by atoms with E-state index >= 15 is 0 Å². The summed E-state index contributed by atoms with van der Waals surface area (Å²) in [6.07, 6.45) is 2.02. The van der Waals surface area contributed by atoms with Crippen LogP contribution in [0.25, 0.3) is 0 Å². The average molecular weight is 571 g/mol. The van der Waals surface area contributed by atoms with Gasteiger partial charge in [-0.05, 0) is 69.0 Å². The molecule has 5 atom stereocenters. The van der Waals surface area contributed by atoms with Crippen LogP contribution in [0.4, 0.5) is 0 Å². The quantitative estimate of drug-likeness (QED) is 0.307. The molecule has 2 aromatic rings. The fraction of sp³-hybridized carbons (Fsp3) is 0.500. The summed E-state index contributed by atoms with van der Waals surface area (Å²) in [5.74, 6) is 6.01. The van der Waals surface area contributed by atoms with E-state index in [1.54, 1.807) is 6.07 Å². The zero-order chi connectivity index (χ0) is 29.8. The van der Waals surface area contributed by atoms with Gasteiger partial charge >= 0.3 is 11.9 Å². The highest BCUT2D eigenvalue weighted by Gasteiger charge is 2.75. The fourth-order valence-corrected chi connectivity index (χ4v) is 8.19. The van der Waals surface area contributed by atoms with E-state index in [4.69, 9.17) is 14.2 Å².